The quantitative estimate of drug-likeness (QED) is 0.905. The molecule has 3 heterocycles. The molecule has 1 N–H and O–H groups in total. The lowest BCUT2D eigenvalue weighted by Crippen LogP contribution is -2.35. The molecule has 1 saturated heterocycles. The van der Waals surface area contributed by atoms with Gasteiger partial charge in [-0.05, 0) is 32.4 Å². The molecule has 0 aromatic carbocycles. The molecule has 7 heteroatoms. The van der Waals surface area contributed by atoms with Gasteiger partial charge in [-0.3, -0.25) is 14.3 Å². The Balaban J connectivity index is 1.73. The molecule has 7 nitrogen and oxygen atoms in total. The largest absolute Gasteiger partial charge is 0.373 e. The highest BCUT2D eigenvalue weighted by Crippen LogP contribution is 2.37. The van der Waals surface area contributed by atoms with Crippen LogP contribution in [0.25, 0.3) is 0 Å². The normalized spacial score (nSPS) is 20.0. The Morgan fingerprint density at radius 1 is 1.40 bits per heavy atom. The van der Waals surface area contributed by atoms with Crippen LogP contribution in [0.3, 0.4) is 0 Å². The van der Waals surface area contributed by atoms with Gasteiger partial charge in [0.15, 0.2) is 0 Å². The monoisotopic (exact) mass is 344 g/mol. The zero-order valence-corrected chi connectivity index (χ0v) is 15.1. The summed E-state index contributed by atoms with van der Waals surface area (Å²) >= 11 is 0. The minimum atomic E-state index is -0.341. The van der Waals surface area contributed by atoms with Gasteiger partial charge in [-0.1, -0.05) is 0 Å². The van der Waals surface area contributed by atoms with Crippen LogP contribution in [0.15, 0.2) is 23.1 Å². The first kappa shape index (κ1) is 17.4. The molecule has 0 bridgehead atoms. The number of pyridine rings is 1. The van der Waals surface area contributed by atoms with Gasteiger partial charge in [0.05, 0.1) is 11.8 Å². The number of rotatable bonds is 4. The van der Waals surface area contributed by atoms with Crippen LogP contribution < -0.4 is 10.9 Å². The van der Waals surface area contributed by atoms with Crippen LogP contribution in [0.4, 0.5) is 0 Å². The SMILES string of the molecule is Cc1nn(C)c(C)c1[C@H]1OCC[C@@H]1CNC(=O)c1cccn(C)c1=O. The number of ether oxygens (including phenoxy) is 1. The maximum absolute atomic E-state index is 12.4. The molecule has 2 aromatic rings. The van der Waals surface area contributed by atoms with E-state index in [9.17, 15) is 9.59 Å². The molecule has 0 aliphatic carbocycles. The fourth-order valence-corrected chi connectivity index (χ4v) is 3.45. The average molecular weight is 344 g/mol. The number of nitrogens with zero attached hydrogens (tertiary/aromatic N) is 3. The molecule has 1 amide bonds. The average Bonchev–Trinajstić information content (AvgIpc) is 3.12. The van der Waals surface area contributed by atoms with E-state index in [0.29, 0.717) is 13.2 Å². The third-order valence-corrected chi connectivity index (χ3v) is 4.96. The van der Waals surface area contributed by atoms with Crippen molar-refractivity contribution in [2.45, 2.75) is 26.4 Å². The molecule has 0 radical (unpaired) electrons. The highest BCUT2D eigenvalue weighted by Gasteiger charge is 2.33. The van der Waals surface area contributed by atoms with Crippen molar-refractivity contribution in [3.05, 3.63) is 51.2 Å². The molecule has 1 fully saturated rings. The van der Waals surface area contributed by atoms with Crippen molar-refractivity contribution in [2.75, 3.05) is 13.2 Å². The Kier molecular flexibility index (Phi) is 4.76. The Hall–Kier alpha value is -2.41. The summed E-state index contributed by atoms with van der Waals surface area (Å²) in [6, 6.07) is 3.25. The predicted octanol–water partition coefficient (Wildman–Crippen LogP) is 1.24. The van der Waals surface area contributed by atoms with Crippen molar-refractivity contribution in [2.24, 2.45) is 20.0 Å². The molecule has 3 rings (SSSR count). The fourth-order valence-electron chi connectivity index (χ4n) is 3.45. The Morgan fingerprint density at radius 3 is 2.84 bits per heavy atom. The topological polar surface area (TPSA) is 78.2 Å². The standard InChI is InChI=1S/C18H24N4O3/c1-11-15(12(2)22(4)20-11)16-13(7-9-25-16)10-19-17(23)14-6-5-8-21(3)18(14)24/h5-6,8,13,16H,7,9-10H2,1-4H3,(H,19,23)/t13-,16+/m1/s1. The molecular formula is C18H24N4O3. The third-order valence-electron chi connectivity index (χ3n) is 4.96. The van der Waals surface area contributed by atoms with Crippen molar-refractivity contribution < 1.29 is 9.53 Å². The first-order valence-electron chi connectivity index (χ1n) is 8.45. The van der Waals surface area contributed by atoms with Gasteiger partial charge in [-0.2, -0.15) is 5.10 Å². The Morgan fingerprint density at radius 2 is 2.16 bits per heavy atom. The van der Waals surface area contributed by atoms with Gasteiger partial charge in [0.2, 0.25) is 0 Å². The molecule has 2 aromatic heterocycles. The second-order valence-electron chi connectivity index (χ2n) is 6.60. The summed E-state index contributed by atoms with van der Waals surface area (Å²) in [5, 5.41) is 7.35. The maximum atomic E-state index is 12.4. The molecule has 2 atom stereocenters. The number of carbonyl (C=O) groups is 1. The van der Waals surface area contributed by atoms with Gasteiger partial charge in [0.25, 0.3) is 11.5 Å². The summed E-state index contributed by atoms with van der Waals surface area (Å²) in [5.74, 6) is -0.176. The van der Waals surface area contributed by atoms with Crippen LogP contribution in [-0.4, -0.2) is 33.4 Å². The smallest absolute Gasteiger partial charge is 0.263 e. The van der Waals surface area contributed by atoms with Crippen LogP contribution in [0.5, 0.6) is 0 Å². The summed E-state index contributed by atoms with van der Waals surface area (Å²) in [7, 11) is 3.55. The molecule has 1 aliphatic heterocycles. The van der Waals surface area contributed by atoms with Crippen LogP contribution >= 0.6 is 0 Å². The number of amides is 1. The number of nitrogens with one attached hydrogen (secondary N) is 1. The number of hydrogen-bond donors (Lipinski definition) is 1. The Labute approximate surface area is 146 Å². The first-order valence-corrected chi connectivity index (χ1v) is 8.45. The van der Waals surface area contributed by atoms with E-state index >= 15 is 0 Å². The summed E-state index contributed by atoms with van der Waals surface area (Å²) < 4.78 is 9.20. The van der Waals surface area contributed by atoms with E-state index in [2.05, 4.69) is 10.4 Å². The van der Waals surface area contributed by atoms with Crippen molar-refractivity contribution in [1.82, 2.24) is 19.7 Å². The van der Waals surface area contributed by atoms with E-state index < -0.39 is 0 Å². The van der Waals surface area contributed by atoms with Crippen molar-refractivity contribution in [3.8, 4) is 0 Å². The summed E-state index contributed by atoms with van der Waals surface area (Å²) in [5.41, 5.74) is 3.01. The van der Waals surface area contributed by atoms with Gasteiger partial charge in [0, 0.05) is 50.6 Å². The summed E-state index contributed by atoms with van der Waals surface area (Å²) in [6.07, 6.45) is 2.42. The predicted molar refractivity (Wildman–Crippen MR) is 93.5 cm³/mol. The minimum Gasteiger partial charge on any atom is -0.373 e. The van der Waals surface area contributed by atoms with Crippen LogP contribution in [0.2, 0.25) is 0 Å². The lowest BCUT2D eigenvalue weighted by atomic mass is 9.94. The van der Waals surface area contributed by atoms with Gasteiger partial charge in [-0.25, -0.2) is 0 Å². The van der Waals surface area contributed by atoms with Gasteiger partial charge in [-0.15, -0.1) is 0 Å². The third kappa shape index (κ3) is 3.24. The molecule has 0 saturated carbocycles. The molecular weight excluding hydrogens is 320 g/mol. The number of hydrogen-bond acceptors (Lipinski definition) is 4. The lowest BCUT2D eigenvalue weighted by Gasteiger charge is -2.20. The summed E-state index contributed by atoms with van der Waals surface area (Å²) in [6.45, 7) is 5.13. The van der Waals surface area contributed by atoms with E-state index in [1.54, 1.807) is 25.4 Å². The molecule has 0 spiro atoms. The van der Waals surface area contributed by atoms with E-state index in [-0.39, 0.29) is 29.1 Å². The number of aryl methyl sites for hydroxylation is 3. The van der Waals surface area contributed by atoms with Crippen molar-refractivity contribution >= 4 is 5.91 Å². The second-order valence-corrected chi connectivity index (χ2v) is 6.60. The molecule has 1 aliphatic rings. The van der Waals surface area contributed by atoms with E-state index in [0.717, 1.165) is 23.4 Å². The Bertz CT molecular complexity index is 852. The maximum Gasteiger partial charge on any atom is 0.263 e. The van der Waals surface area contributed by atoms with E-state index in [4.69, 9.17) is 4.74 Å². The lowest BCUT2D eigenvalue weighted by molar-refractivity contribution is 0.0839. The van der Waals surface area contributed by atoms with Crippen LogP contribution in [-0.2, 0) is 18.8 Å². The fraction of sp³-hybridized carbons (Fsp3) is 0.500. The van der Waals surface area contributed by atoms with Crippen LogP contribution in [0, 0.1) is 19.8 Å². The van der Waals surface area contributed by atoms with Gasteiger partial charge >= 0.3 is 0 Å². The first-order chi connectivity index (χ1) is 11.9. The zero-order valence-electron chi connectivity index (χ0n) is 15.1. The summed E-state index contributed by atoms with van der Waals surface area (Å²) in [4.78, 5) is 24.4. The number of aromatic nitrogens is 3. The highest BCUT2D eigenvalue weighted by molar-refractivity contribution is 5.93. The van der Waals surface area contributed by atoms with E-state index in [1.165, 1.54) is 4.57 Å². The second kappa shape index (κ2) is 6.84. The zero-order chi connectivity index (χ0) is 18.1. The van der Waals surface area contributed by atoms with Crippen molar-refractivity contribution in [1.29, 1.82) is 0 Å². The van der Waals surface area contributed by atoms with Gasteiger partial charge in [0.1, 0.15) is 5.56 Å². The molecule has 25 heavy (non-hydrogen) atoms. The highest BCUT2D eigenvalue weighted by atomic mass is 16.5. The van der Waals surface area contributed by atoms with E-state index in [1.807, 2.05) is 25.6 Å². The number of carbonyl (C=O) groups excluding carboxylic acids is 1. The van der Waals surface area contributed by atoms with Gasteiger partial charge < -0.3 is 14.6 Å². The molecule has 134 valence electrons. The van der Waals surface area contributed by atoms with Crippen LogP contribution in [0.1, 0.15) is 39.8 Å². The van der Waals surface area contributed by atoms with Crippen molar-refractivity contribution in [3.63, 3.8) is 0 Å². The molecule has 0 unspecified atom stereocenters. The minimum absolute atomic E-state index is 0.0763.